The summed E-state index contributed by atoms with van der Waals surface area (Å²) in [6, 6.07) is 0. The lowest BCUT2D eigenvalue weighted by Gasteiger charge is -1.98. The molecule has 0 aliphatic rings. The molecule has 0 atom stereocenters. The van der Waals surface area contributed by atoms with Gasteiger partial charge in [0.15, 0.2) is 0 Å². The molecule has 1 N–H and O–H groups in total. The van der Waals surface area contributed by atoms with Crippen molar-refractivity contribution in [1.29, 1.82) is 0 Å². The zero-order valence-electron chi connectivity index (χ0n) is 8.51. The van der Waals surface area contributed by atoms with Gasteiger partial charge in [-0.1, -0.05) is 11.3 Å². The van der Waals surface area contributed by atoms with E-state index in [1.54, 1.807) is 0 Å². The molecule has 0 radical (unpaired) electrons. The highest BCUT2D eigenvalue weighted by atomic mass is 32.2. The minimum absolute atomic E-state index is 0.124. The second kappa shape index (κ2) is 4.75. The van der Waals surface area contributed by atoms with Crippen molar-refractivity contribution in [3.8, 4) is 0 Å². The van der Waals surface area contributed by atoms with Crippen molar-refractivity contribution in [2.24, 2.45) is 0 Å². The minimum Gasteiger partial charge on any atom is -0.481 e. The van der Waals surface area contributed by atoms with Gasteiger partial charge < -0.3 is 5.11 Å². The molecule has 0 saturated carbocycles. The summed E-state index contributed by atoms with van der Waals surface area (Å²) in [7, 11) is 0. The number of hydrogen-bond donors (Lipinski definition) is 1. The van der Waals surface area contributed by atoms with Crippen LogP contribution in [0.25, 0.3) is 10.3 Å². The highest BCUT2D eigenvalue weighted by Crippen LogP contribution is 2.27. The predicted octanol–water partition coefficient (Wildman–Crippen LogP) is 1.96. The molecule has 0 aliphatic carbocycles. The van der Waals surface area contributed by atoms with Crippen LogP contribution >= 0.6 is 23.1 Å². The third-order valence-corrected chi connectivity index (χ3v) is 3.68. The lowest BCUT2D eigenvalue weighted by Crippen LogP contribution is -1.96. The van der Waals surface area contributed by atoms with Crippen LogP contribution in [0.3, 0.4) is 0 Å². The van der Waals surface area contributed by atoms with Gasteiger partial charge in [-0.15, -0.1) is 11.8 Å². The van der Waals surface area contributed by atoms with Gasteiger partial charge >= 0.3 is 5.97 Å². The van der Waals surface area contributed by atoms with Crippen LogP contribution in [0.15, 0.2) is 11.4 Å². The molecule has 2 heterocycles. The number of aryl methyl sites for hydroxylation is 1. The van der Waals surface area contributed by atoms with Crippen LogP contribution in [0.5, 0.6) is 0 Å². The molecule has 2 rings (SSSR count). The SMILES string of the molecule is Cc1nc2c(SCCC(=O)O)ncnc2s1. The van der Waals surface area contributed by atoms with Crippen LogP contribution in [0.4, 0.5) is 0 Å². The number of carboxylic acids is 1. The van der Waals surface area contributed by atoms with Gasteiger partial charge in [0, 0.05) is 5.75 Å². The average molecular weight is 255 g/mol. The maximum Gasteiger partial charge on any atom is 0.304 e. The number of carboxylic acid groups (broad SMARTS) is 1. The predicted molar refractivity (Wildman–Crippen MR) is 62.9 cm³/mol. The van der Waals surface area contributed by atoms with Crippen molar-refractivity contribution < 1.29 is 9.90 Å². The van der Waals surface area contributed by atoms with Crippen molar-refractivity contribution in [2.45, 2.75) is 18.4 Å². The van der Waals surface area contributed by atoms with Gasteiger partial charge in [0.2, 0.25) is 0 Å². The van der Waals surface area contributed by atoms with Crippen LogP contribution in [0, 0.1) is 6.92 Å². The summed E-state index contributed by atoms with van der Waals surface area (Å²) >= 11 is 2.92. The molecule has 0 saturated heterocycles. The van der Waals surface area contributed by atoms with Gasteiger partial charge in [-0.3, -0.25) is 4.79 Å². The molecule has 0 aliphatic heterocycles. The Labute approximate surface area is 100.0 Å². The number of aliphatic carboxylic acids is 1. The van der Waals surface area contributed by atoms with Crippen molar-refractivity contribution in [3.05, 3.63) is 11.3 Å². The third kappa shape index (κ3) is 2.48. The fraction of sp³-hybridized carbons (Fsp3) is 0.333. The van der Waals surface area contributed by atoms with E-state index in [2.05, 4.69) is 15.0 Å². The largest absolute Gasteiger partial charge is 0.481 e. The topological polar surface area (TPSA) is 76.0 Å². The molecule has 0 spiro atoms. The summed E-state index contributed by atoms with van der Waals surface area (Å²) in [6.45, 7) is 1.91. The van der Waals surface area contributed by atoms with Gasteiger partial charge in [0.1, 0.15) is 21.7 Å². The summed E-state index contributed by atoms with van der Waals surface area (Å²) in [5.74, 6) is -0.301. The number of carbonyl (C=O) groups is 1. The van der Waals surface area contributed by atoms with E-state index in [-0.39, 0.29) is 6.42 Å². The first-order chi connectivity index (χ1) is 7.66. The summed E-state index contributed by atoms with van der Waals surface area (Å²) in [5.41, 5.74) is 0.778. The molecule has 0 aromatic carbocycles. The Morgan fingerprint density at radius 2 is 2.38 bits per heavy atom. The van der Waals surface area contributed by atoms with Crippen molar-refractivity contribution in [2.75, 3.05) is 5.75 Å². The van der Waals surface area contributed by atoms with Crippen LogP contribution in [0.1, 0.15) is 11.4 Å². The van der Waals surface area contributed by atoms with E-state index in [0.29, 0.717) is 5.75 Å². The Morgan fingerprint density at radius 1 is 1.56 bits per heavy atom. The minimum atomic E-state index is -0.799. The zero-order chi connectivity index (χ0) is 11.5. The van der Waals surface area contributed by atoms with Crippen molar-refractivity contribution >= 4 is 39.4 Å². The van der Waals surface area contributed by atoms with E-state index < -0.39 is 5.97 Å². The number of nitrogens with zero attached hydrogens (tertiary/aromatic N) is 3. The Balaban J connectivity index is 2.20. The lowest BCUT2D eigenvalue weighted by molar-refractivity contribution is -0.136. The smallest absolute Gasteiger partial charge is 0.304 e. The monoisotopic (exact) mass is 255 g/mol. The number of rotatable bonds is 4. The molecule has 7 heteroatoms. The lowest BCUT2D eigenvalue weighted by atomic mass is 10.5. The highest BCUT2D eigenvalue weighted by molar-refractivity contribution is 7.99. The molecule has 16 heavy (non-hydrogen) atoms. The fourth-order valence-electron chi connectivity index (χ4n) is 1.18. The molecule has 0 fully saturated rings. The van der Waals surface area contributed by atoms with Crippen LogP contribution in [-0.2, 0) is 4.79 Å². The second-order valence-electron chi connectivity index (χ2n) is 3.06. The molecule has 0 unspecified atom stereocenters. The maximum atomic E-state index is 10.4. The highest BCUT2D eigenvalue weighted by Gasteiger charge is 2.09. The van der Waals surface area contributed by atoms with E-state index in [1.807, 2.05) is 6.92 Å². The Hall–Kier alpha value is -1.21. The molecule has 0 amide bonds. The van der Waals surface area contributed by atoms with Gasteiger partial charge in [-0.2, -0.15) is 0 Å². The maximum absolute atomic E-state index is 10.4. The number of fused-ring (bicyclic) bond motifs is 1. The average Bonchev–Trinajstić information content (AvgIpc) is 2.58. The second-order valence-corrected chi connectivity index (χ2v) is 5.32. The summed E-state index contributed by atoms with van der Waals surface area (Å²) in [5, 5.41) is 10.2. The quantitative estimate of drug-likeness (QED) is 0.665. The van der Waals surface area contributed by atoms with E-state index in [0.717, 1.165) is 20.4 Å². The number of thioether (sulfide) groups is 1. The molecule has 2 aromatic heterocycles. The van der Waals surface area contributed by atoms with E-state index >= 15 is 0 Å². The van der Waals surface area contributed by atoms with Gasteiger partial charge in [-0.25, -0.2) is 15.0 Å². The number of hydrogen-bond acceptors (Lipinski definition) is 6. The van der Waals surface area contributed by atoms with Crippen molar-refractivity contribution in [3.63, 3.8) is 0 Å². The van der Waals surface area contributed by atoms with E-state index in [4.69, 9.17) is 5.11 Å². The molecule has 2 aromatic rings. The zero-order valence-corrected chi connectivity index (χ0v) is 10.1. The first-order valence-corrected chi connectivity index (χ1v) is 6.40. The molecule has 5 nitrogen and oxygen atoms in total. The fourth-order valence-corrected chi connectivity index (χ4v) is 2.87. The van der Waals surface area contributed by atoms with Gasteiger partial charge in [-0.05, 0) is 6.92 Å². The van der Waals surface area contributed by atoms with E-state index in [1.165, 1.54) is 29.4 Å². The summed E-state index contributed by atoms with van der Waals surface area (Å²) < 4.78 is 0. The molecular weight excluding hydrogens is 246 g/mol. The first kappa shape index (κ1) is 11.3. The Morgan fingerprint density at radius 3 is 3.12 bits per heavy atom. The third-order valence-electron chi connectivity index (χ3n) is 1.82. The number of aromatic nitrogens is 3. The standard InChI is InChI=1S/C9H9N3O2S2/c1-5-12-7-8(15-3-2-6(13)14)10-4-11-9(7)16-5/h4H,2-3H2,1H3,(H,13,14). The molecular formula is C9H9N3O2S2. The Bertz CT molecular complexity index is 526. The van der Waals surface area contributed by atoms with Crippen LogP contribution in [0.2, 0.25) is 0 Å². The van der Waals surface area contributed by atoms with E-state index in [9.17, 15) is 4.79 Å². The van der Waals surface area contributed by atoms with Crippen LogP contribution in [-0.4, -0.2) is 31.8 Å². The molecule has 0 bridgehead atoms. The number of thiazole rings is 1. The van der Waals surface area contributed by atoms with Crippen molar-refractivity contribution in [1.82, 2.24) is 15.0 Å². The first-order valence-electron chi connectivity index (χ1n) is 4.59. The summed E-state index contributed by atoms with van der Waals surface area (Å²) in [6.07, 6.45) is 1.61. The Kier molecular flexibility index (Phi) is 3.35. The van der Waals surface area contributed by atoms with Gasteiger partial charge in [0.25, 0.3) is 0 Å². The molecule has 84 valence electrons. The summed E-state index contributed by atoms with van der Waals surface area (Å²) in [4.78, 5) is 23.8. The normalized spacial score (nSPS) is 10.8. The van der Waals surface area contributed by atoms with Gasteiger partial charge in [0.05, 0.1) is 11.4 Å². The van der Waals surface area contributed by atoms with Crippen LogP contribution < -0.4 is 0 Å².